The molecule has 0 saturated heterocycles. The standard InChI is InChI=1S/C17H20FN5O2/c1-21(2)14(11-6-5-7-12(18)8-11)10-20-15-13(9-19)16(24)23(4)17(25)22(15)3/h5-8,14,20H,10H2,1-4H3/t14-/m1/s1. The zero-order chi connectivity index (χ0) is 18.7. The van der Waals surface area contributed by atoms with Gasteiger partial charge in [-0.25, -0.2) is 9.18 Å². The molecule has 0 radical (unpaired) electrons. The van der Waals surface area contributed by atoms with Crippen molar-refractivity contribution in [1.82, 2.24) is 14.0 Å². The summed E-state index contributed by atoms with van der Waals surface area (Å²) in [5.41, 5.74) is -0.579. The highest BCUT2D eigenvalue weighted by Crippen LogP contribution is 2.20. The smallest absolute Gasteiger partial charge is 0.332 e. The van der Waals surface area contributed by atoms with E-state index in [0.29, 0.717) is 0 Å². The molecule has 1 aromatic heterocycles. The van der Waals surface area contributed by atoms with Crippen molar-refractivity contribution in [2.75, 3.05) is 26.0 Å². The molecule has 0 saturated carbocycles. The van der Waals surface area contributed by atoms with Gasteiger partial charge in [0.1, 0.15) is 17.7 Å². The van der Waals surface area contributed by atoms with Crippen LogP contribution in [0.3, 0.4) is 0 Å². The highest BCUT2D eigenvalue weighted by molar-refractivity contribution is 5.51. The second-order valence-corrected chi connectivity index (χ2v) is 5.96. The van der Waals surface area contributed by atoms with Gasteiger partial charge in [0.2, 0.25) is 0 Å². The number of likely N-dealkylation sites (N-methyl/N-ethyl adjacent to an activating group) is 1. The summed E-state index contributed by atoms with van der Waals surface area (Å²) in [5.74, 6) is -0.193. The topological polar surface area (TPSA) is 83.1 Å². The van der Waals surface area contributed by atoms with Crippen LogP contribution in [0.2, 0.25) is 0 Å². The first-order valence-corrected chi connectivity index (χ1v) is 7.63. The van der Waals surface area contributed by atoms with Gasteiger partial charge in [0.15, 0.2) is 5.56 Å². The minimum absolute atomic E-state index is 0.138. The van der Waals surface area contributed by atoms with E-state index >= 15 is 0 Å². The number of anilines is 1. The van der Waals surface area contributed by atoms with E-state index in [1.165, 1.54) is 30.8 Å². The van der Waals surface area contributed by atoms with Crippen LogP contribution in [0.15, 0.2) is 33.9 Å². The van der Waals surface area contributed by atoms with Gasteiger partial charge in [-0.1, -0.05) is 12.1 Å². The van der Waals surface area contributed by atoms with Crippen LogP contribution in [-0.4, -0.2) is 34.7 Å². The van der Waals surface area contributed by atoms with Crippen LogP contribution in [0.1, 0.15) is 17.2 Å². The molecule has 0 aliphatic carbocycles. The number of hydrogen-bond acceptors (Lipinski definition) is 5. The van der Waals surface area contributed by atoms with Crippen LogP contribution in [0.25, 0.3) is 0 Å². The molecule has 0 unspecified atom stereocenters. The normalized spacial score (nSPS) is 12.0. The molecule has 2 aromatic rings. The van der Waals surface area contributed by atoms with E-state index in [4.69, 9.17) is 0 Å². The maximum Gasteiger partial charge on any atom is 0.332 e. The fourth-order valence-electron chi connectivity index (χ4n) is 2.66. The summed E-state index contributed by atoms with van der Waals surface area (Å²) in [6.45, 7) is 0.283. The van der Waals surface area contributed by atoms with Crippen molar-refractivity contribution in [3.8, 4) is 6.07 Å². The maximum absolute atomic E-state index is 13.5. The Morgan fingerprint density at radius 2 is 1.96 bits per heavy atom. The number of halogens is 1. The van der Waals surface area contributed by atoms with Crippen molar-refractivity contribution in [2.24, 2.45) is 14.1 Å². The molecule has 0 aliphatic heterocycles. The predicted molar refractivity (Wildman–Crippen MR) is 93.0 cm³/mol. The lowest BCUT2D eigenvalue weighted by molar-refractivity contribution is 0.310. The third-order valence-corrected chi connectivity index (χ3v) is 4.10. The Morgan fingerprint density at radius 1 is 1.28 bits per heavy atom. The Labute approximate surface area is 144 Å². The summed E-state index contributed by atoms with van der Waals surface area (Å²) in [7, 11) is 6.49. The third-order valence-electron chi connectivity index (χ3n) is 4.10. The van der Waals surface area contributed by atoms with Crippen molar-refractivity contribution in [3.63, 3.8) is 0 Å². The monoisotopic (exact) mass is 345 g/mol. The quantitative estimate of drug-likeness (QED) is 0.867. The lowest BCUT2D eigenvalue weighted by atomic mass is 10.1. The van der Waals surface area contributed by atoms with Gasteiger partial charge in [-0.3, -0.25) is 13.9 Å². The largest absolute Gasteiger partial charge is 0.368 e. The molecule has 1 heterocycles. The summed E-state index contributed by atoms with van der Waals surface area (Å²) in [5, 5.41) is 12.3. The van der Waals surface area contributed by atoms with Crippen molar-refractivity contribution in [3.05, 3.63) is 62.0 Å². The summed E-state index contributed by atoms with van der Waals surface area (Å²) in [6.07, 6.45) is 0. The average molecular weight is 345 g/mol. The first kappa shape index (κ1) is 18.4. The van der Waals surface area contributed by atoms with Crippen LogP contribution in [0.5, 0.6) is 0 Å². The summed E-state index contributed by atoms with van der Waals surface area (Å²) < 4.78 is 15.6. The summed E-state index contributed by atoms with van der Waals surface area (Å²) >= 11 is 0. The molecule has 25 heavy (non-hydrogen) atoms. The van der Waals surface area contributed by atoms with E-state index in [0.717, 1.165) is 10.1 Å². The minimum Gasteiger partial charge on any atom is -0.368 e. The molecule has 1 N–H and O–H groups in total. The molecule has 8 heteroatoms. The van der Waals surface area contributed by atoms with Gasteiger partial charge in [0.05, 0.1) is 6.04 Å². The molecule has 0 amide bonds. The maximum atomic E-state index is 13.5. The third kappa shape index (κ3) is 3.61. The number of hydrogen-bond donors (Lipinski definition) is 1. The highest BCUT2D eigenvalue weighted by atomic mass is 19.1. The van der Waals surface area contributed by atoms with Gasteiger partial charge >= 0.3 is 5.69 Å². The van der Waals surface area contributed by atoms with Crippen molar-refractivity contribution >= 4 is 5.82 Å². The molecule has 1 aromatic carbocycles. The fourth-order valence-corrected chi connectivity index (χ4v) is 2.66. The Kier molecular flexibility index (Phi) is 5.39. The molecule has 7 nitrogen and oxygen atoms in total. The van der Waals surface area contributed by atoms with Gasteiger partial charge in [-0.15, -0.1) is 0 Å². The van der Waals surface area contributed by atoms with Crippen LogP contribution in [0, 0.1) is 17.1 Å². The number of aromatic nitrogens is 2. The van der Waals surface area contributed by atoms with Gasteiger partial charge in [-0.05, 0) is 31.8 Å². The predicted octanol–water partition coefficient (Wildman–Crippen LogP) is 0.810. The Hall–Kier alpha value is -2.92. The lowest BCUT2D eigenvalue weighted by Gasteiger charge is -2.26. The van der Waals surface area contributed by atoms with Crippen molar-refractivity contribution in [2.45, 2.75) is 6.04 Å². The SMILES string of the molecule is CN(C)[C@H](CNc1c(C#N)c(=O)n(C)c(=O)n1C)c1cccc(F)c1. The number of nitrogens with one attached hydrogen (secondary N) is 1. The second kappa shape index (κ2) is 7.32. The average Bonchev–Trinajstić information content (AvgIpc) is 2.57. The first-order chi connectivity index (χ1) is 11.8. The molecule has 0 bridgehead atoms. The number of rotatable bonds is 5. The van der Waals surface area contributed by atoms with E-state index in [1.807, 2.05) is 25.1 Å². The Balaban J connectivity index is 2.41. The molecule has 2 rings (SSSR count). The summed E-state index contributed by atoms with van der Waals surface area (Å²) in [4.78, 5) is 26.1. The Bertz CT molecular complexity index is 940. The van der Waals surface area contributed by atoms with Crippen LogP contribution >= 0.6 is 0 Å². The van der Waals surface area contributed by atoms with E-state index in [2.05, 4.69) is 5.32 Å². The van der Waals surface area contributed by atoms with Gasteiger partial charge in [-0.2, -0.15) is 5.26 Å². The molecule has 0 spiro atoms. The Morgan fingerprint density at radius 3 is 2.52 bits per heavy atom. The fraction of sp³-hybridized carbons (Fsp3) is 0.353. The summed E-state index contributed by atoms with van der Waals surface area (Å²) in [6, 6.07) is 7.84. The second-order valence-electron chi connectivity index (χ2n) is 5.96. The van der Waals surface area contributed by atoms with Gasteiger partial charge < -0.3 is 10.2 Å². The van der Waals surface area contributed by atoms with Crippen molar-refractivity contribution in [1.29, 1.82) is 5.26 Å². The van der Waals surface area contributed by atoms with Crippen molar-refractivity contribution < 1.29 is 4.39 Å². The zero-order valence-corrected chi connectivity index (χ0v) is 14.6. The number of nitriles is 1. The van der Waals surface area contributed by atoms with E-state index in [9.17, 15) is 19.2 Å². The molecule has 0 aliphatic rings. The molecule has 132 valence electrons. The lowest BCUT2D eigenvalue weighted by Crippen LogP contribution is -2.40. The van der Waals surface area contributed by atoms with Gasteiger partial charge in [0.25, 0.3) is 5.56 Å². The molecule has 1 atom stereocenters. The number of nitrogens with zero attached hydrogens (tertiary/aromatic N) is 4. The van der Waals surface area contributed by atoms with Crippen LogP contribution < -0.4 is 16.6 Å². The highest BCUT2D eigenvalue weighted by Gasteiger charge is 2.19. The van der Waals surface area contributed by atoms with E-state index < -0.39 is 11.2 Å². The minimum atomic E-state index is -0.653. The molecular formula is C17H20FN5O2. The molecular weight excluding hydrogens is 325 g/mol. The van der Waals surface area contributed by atoms with Gasteiger partial charge in [0, 0.05) is 20.6 Å². The molecule has 0 fully saturated rings. The zero-order valence-electron chi connectivity index (χ0n) is 14.6. The van der Waals surface area contributed by atoms with E-state index in [-0.39, 0.29) is 29.8 Å². The number of benzene rings is 1. The van der Waals surface area contributed by atoms with Crippen LogP contribution in [0.4, 0.5) is 10.2 Å². The van der Waals surface area contributed by atoms with E-state index in [1.54, 1.807) is 12.1 Å². The van der Waals surface area contributed by atoms with Crippen LogP contribution in [-0.2, 0) is 14.1 Å². The first-order valence-electron chi connectivity index (χ1n) is 7.63.